The third-order valence-corrected chi connectivity index (χ3v) is 6.94. The first-order valence-electron chi connectivity index (χ1n) is 12.8. The van der Waals surface area contributed by atoms with E-state index in [9.17, 15) is 15.0 Å². The molecule has 1 heterocycles. The lowest BCUT2D eigenvalue weighted by Gasteiger charge is -2.16. The largest absolute Gasteiger partial charge is 0.506 e. The molecule has 4 aromatic carbocycles. The standard InChI is InChI=1S/C32H31N3O4/c1-39-30-13-9-22(17-26(30)20-5-3-2-4-6-20)23-8-7-21(27(33)18-23)15-16-34-19-29(37)24-10-12-28(36)32-25(24)11-14-31(38)35-32/h2-14,17-18,29,34,36-37H,15-16,19,33H2,1H3,(H,35,38). The summed E-state index contributed by atoms with van der Waals surface area (Å²) in [6, 6.07) is 28.5. The van der Waals surface area contributed by atoms with Crippen LogP contribution in [-0.2, 0) is 6.42 Å². The molecule has 0 aliphatic carbocycles. The van der Waals surface area contributed by atoms with Crippen LogP contribution in [0.2, 0.25) is 0 Å². The van der Waals surface area contributed by atoms with Crippen LogP contribution >= 0.6 is 0 Å². The van der Waals surface area contributed by atoms with Crippen LogP contribution in [0.25, 0.3) is 33.2 Å². The number of aliphatic hydroxyl groups is 1. The van der Waals surface area contributed by atoms with E-state index in [0.717, 1.165) is 33.6 Å². The maximum atomic E-state index is 11.6. The average Bonchev–Trinajstić information content (AvgIpc) is 2.96. The van der Waals surface area contributed by atoms with Crippen molar-refractivity contribution in [2.45, 2.75) is 12.5 Å². The second-order valence-corrected chi connectivity index (χ2v) is 9.45. The number of pyridine rings is 1. The number of nitrogens with two attached hydrogens (primary N) is 1. The smallest absolute Gasteiger partial charge is 0.248 e. The molecule has 0 fully saturated rings. The van der Waals surface area contributed by atoms with Gasteiger partial charge in [-0.05, 0) is 71.1 Å². The molecule has 5 aromatic rings. The highest BCUT2D eigenvalue weighted by Crippen LogP contribution is 2.35. The zero-order chi connectivity index (χ0) is 27.4. The van der Waals surface area contributed by atoms with E-state index in [-0.39, 0.29) is 11.3 Å². The molecule has 7 heteroatoms. The molecule has 0 saturated heterocycles. The lowest BCUT2D eigenvalue weighted by molar-refractivity contribution is 0.176. The minimum atomic E-state index is -0.812. The fraction of sp³-hybridized carbons (Fsp3) is 0.156. The first kappa shape index (κ1) is 26.0. The van der Waals surface area contributed by atoms with Crippen LogP contribution in [0.15, 0.2) is 95.8 Å². The highest BCUT2D eigenvalue weighted by atomic mass is 16.5. The summed E-state index contributed by atoms with van der Waals surface area (Å²) in [6.07, 6.45) is -0.118. The lowest BCUT2D eigenvalue weighted by Crippen LogP contribution is -2.24. The average molecular weight is 522 g/mol. The van der Waals surface area contributed by atoms with Gasteiger partial charge in [-0.1, -0.05) is 54.6 Å². The van der Waals surface area contributed by atoms with Crippen molar-refractivity contribution in [1.29, 1.82) is 0 Å². The fourth-order valence-electron chi connectivity index (χ4n) is 4.85. The Morgan fingerprint density at radius 3 is 2.46 bits per heavy atom. The van der Waals surface area contributed by atoms with Crippen molar-refractivity contribution in [3.63, 3.8) is 0 Å². The summed E-state index contributed by atoms with van der Waals surface area (Å²) in [5.41, 5.74) is 13.0. The number of nitrogen functional groups attached to an aromatic ring is 1. The Morgan fingerprint density at radius 1 is 0.923 bits per heavy atom. The summed E-state index contributed by atoms with van der Waals surface area (Å²) in [6.45, 7) is 0.930. The van der Waals surface area contributed by atoms with Gasteiger partial charge in [-0.2, -0.15) is 0 Å². The molecule has 5 rings (SSSR count). The van der Waals surface area contributed by atoms with Gasteiger partial charge in [0.05, 0.1) is 18.7 Å². The quantitative estimate of drug-likeness (QED) is 0.137. The number of nitrogens with one attached hydrogen (secondary N) is 2. The molecule has 6 N–H and O–H groups in total. The monoisotopic (exact) mass is 521 g/mol. The van der Waals surface area contributed by atoms with Crippen molar-refractivity contribution in [2.75, 3.05) is 25.9 Å². The third kappa shape index (κ3) is 5.65. The summed E-state index contributed by atoms with van der Waals surface area (Å²) in [5.74, 6) is 0.785. The zero-order valence-electron chi connectivity index (χ0n) is 21.6. The van der Waals surface area contributed by atoms with E-state index in [2.05, 4.69) is 34.6 Å². The number of hydrogen-bond donors (Lipinski definition) is 5. The zero-order valence-corrected chi connectivity index (χ0v) is 21.6. The minimum Gasteiger partial charge on any atom is -0.506 e. The molecule has 0 amide bonds. The maximum Gasteiger partial charge on any atom is 0.248 e. The number of aromatic nitrogens is 1. The van der Waals surface area contributed by atoms with Gasteiger partial charge in [0.1, 0.15) is 11.5 Å². The number of anilines is 1. The number of H-pyrrole nitrogens is 1. The Morgan fingerprint density at radius 2 is 1.69 bits per heavy atom. The van der Waals surface area contributed by atoms with Crippen molar-refractivity contribution >= 4 is 16.6 Å². The molecule has 1 aromatic heterocycles. The van der Waals surface area contributed by atoms with Gasteiger partial charge in [-0.15, -0.1) is 0 Å². The molecule has 39 heavy (non-hydrogen) atoms. The Balaban J connectivity index is 1.24. The van der Waals surface area contributed by atoms with E-state index in [1.54, 1.807) is 19.2 Å². The van der Waals surface area contributed by atoms with Gasteiger partial charge in [0.25, 0.3) is 0 Å². The number of benzene rings is 4. The fourth-order valence-corrected chi connectivity index (χ4v) is 4.85. The molecule has 1 unspecified atom stereocenters. The van der Waals surface area contributed by atoms with Crippen molar-refractivity contribution in [2.24, 2.45) is 0 Å². The first-order chi connectivity index (χ1) is 18.9. The molecule has 1 atom stereocenters. The van der Waals surface area contributed by atoms with Crippen molar-refractivity contribution in [3.8, 4) is 33.8 Å². The van der Waals surface area contributed by atoms with Crippen molar-refractivity contribution < 1.29 is 14.9 Å². The Kier molecular flexibility index (Phi) is 7.63. The maximum absolute atomic E-state index is 11.6. The number of methoxy groups -OCH3 is 1. The highest BCUT2D eigenvalue weighted by molar-refractivity contribution is 5.87. The van der Waals surface area contributed by atoms with Gasteiger partial charge in [-0.3, -0.25) is 4.79 Å². The molecule has 7 nitrogen and oxygen atoms in total. The molecule has 0 aliphatic rings. The number of aromatic amines is 1. The summed E-state index contributed by atoms with van der Waals surface area (Å²) in [7, 11) is 1.68. The number of hydrogen-bond acceptors (Lipinski definition) is 6. The van der Waals surface area contributed by atoms with Crippen molar-refractivity contribution in [1.82, 2.24) is 10.3 Å². The molecule has 0 bridgehead atoms. The van der Waals surface area contributed by atoms with E-state index in [4.69, 9.17) is 10.5 Å². The Bertz CT molecular complexity index is 1660. The first-order valence-corrected chi connectivity index (χ1v) is 12.8. The van der Waals surface area contributed by atoms with Crippen LogP contribution in [0.3, 0.4) is 0 Å². The number of phenols is 1. The minimum absolute atomic E-state index is 0.0311. The second kappa shape index (κ2) is 11.4. The van der Waals surface area contributed by atoms with E-state index in [1.807, 2.05) is 42.5 Å². The highest BCUT2D eigenvalue weighted by Gasteiger charge is 2.14. The van der Waals surface area contributed by atoms with Crippen LogP contribution in [0.5, 0.6) is 11.5 Å². The molecular formula is C32H31N3O4. The number of ether oxygens (including phenoxy) is 1. The predicted molar refractivity (Wildman–Crippen MR) is 156 cm³/mol. The van der Waals surface area contributed by atoms with Gasteiger partial charge in [0.15, 0.2) is 0 Å². The van der Waals surface area contributed by atoms with Gasteiger partial charge < -0.3 is 31.0 Å². The van der Waals surface area contributed by atoms with Crippen LogP contribution in [0, 0.1) is 0 Å². The molecule has 0 aliphatic heterocycles. The Labute approximate surface area is 226 Å². The molecule has 0 saturated carbocycles. The molecule has 198 valence electrons. The number of rotatable bonds is 9. The molecular weight excluding hydrogens is 490 g/mol. The number of aliphatic hydroxyl groups excluding tert-OH is 1. The van der Waals surface area contributed by atoms with Gasteiger partial charge in [0, 0.05) is 29.2 Å². The lowest BCUT2D eigenvalue weighted by atomic mass is 9.96. The SMILES string of the molecule is COc1ccc(-c2ccc(CCNCC(O)c3ccc(O)c4[nH]c(=O)ccc34)c(N)c2)cc1-c1ccccc1. The summed E-state index contributed by atoms with van der Waals surface area (Å²) >= 11 is 0. The predicted octanol–water partition coefficient (Wildman–Crippen LogP) is 5.02. The van der Waals surface area contributed by atoms with Gasteiger partial charge in [0.2, 0.25) is 5.56 Å². The Hall–Kier alpha value is -4.59. The second-order valence-electron chi connectivity index (χ2n) is 9.45. The number of fused-ring (bicyclic) bond motifs is 1. The van der Waals surface area contributed by atoms with E-state index < -0.39 is 6.10 Å². The number of aromatic hydroxyl groups is 1. The summed E-state index contributed by atoms with van der Waals surface area (Å²) in [4.78, 5) is 14.3. The van der Waals surface area contributed by atoms with Crippen molar-refractivity contribution in [3.05, 3.63) is 112 Å². The summed E-state index contributed by atoms with van der Waals surface area (Å²) < 4.78 is 5.59. The van der Waals surface area contributed by atoms with E-state index >= 15 is 0 Å². The van der Waals surface area contributed by atoms with Crippen LogP contribution in [-0.4, -0.2) is 35.4 Å². The van der Waals surface area contributed by atoms with Crippen LogP contribution in [0.1, 0.15) is 17.2 Å². The van der Waals surface area contributed by atoms with E-state index in [0.29, 0.717) is 41.7 Å². The normalized spacial score (nSPS) is 11.9. The van der Waals surface area contributed by atoms with Gasteiger partial charge >= 0.3 is 0 Å². The van der Waals surface area contributed by atoms with Crippen LogP contribution < -0.4 is 21.3 Å². The molecule has 0 spiro atoms. The number of phenolic OH excluding ortho intramolecular Hbond substituents is 1. The van der Waals surface area contributed by atoms with Gasteiger partial charge in [-0.25, -0.2) is 0 Å². The molecule has 0 radical (unpaired) electrons. The summed E-state index contributed by atoms with van der Waals surface area (Å²) in [5, 5.41) is 24.7. The van der Waals surface area contributed by atoms with E-state index in [1.165, 1.54) is 12.1 Å². The van der Waals surface area contributed by atoms with Crippen LogP contribution in [0.4, 0.5) is 5.69 Å². The third-order valence-electron chi connectivity index (χ3n) is 6.94. The topological polar surface area (TPSA) is 121 Å².